The number of para-hydroxylation sites is 1. The second kappa shape index (κ2) is 7.30. The Morgan fingerprint density at radius 2 is 1.56 bits per heavy atom. The molecule has 4 heteroatoms. The number of amides is 1. The van der Waals surface area contributed by atoms with Crippen LogP contribution in [0.1, 0.15) is 10.4 Å². The van der Waals surface area contributed by atoms with Crippen molar-refractivity contribution >= 4 is 11.6 Å². The van der Waals surface area contributed by atoms with E-state index in [0.717, 1.165) is 22.5 Å². The van der Waals surface area contributed by atoms with E-state index in [2.05, 4.69) is 17.2 Å². The summed E-state index contributed by atoms with van der Waals surface area (Å²) in [6.45, 7) is 0. The van der Waals surface area contributed by atoms with Crippen molar-refractivity contribution in [3.05, 3.63) is 103 Å². The first-order valence-corrected chi connectivity index (χ1v) is 8.76. The minimum Gasteiger partial charge on any atom is -0.311 e. The molecule has 0 aliphatic carbocycles. The summed E-state index contributed by atoms with van der Waals surface area (Å²) >= 11 is 0. The summed E-state index contributed by atoms with van der Waals surface area (Å²) in [5.74, 6) is -0.0506. The molecule has 4 rings (SSSR count). The summed E-state index contributed by atoms with van der Waals surface area (Å²) in [6, 6.07) is 27.4. The predicted molar refractivity (Wildman–Crippen MR) is 108 cm³/mol. The van der Waals surface area contributed by atoms with Crippen LogP contribution >= 0.6 is 0 Å². The van der Waals surface area contributed by atoms with Gasteiger partial charge in [-0.3, -0.25) is 4.79 Å². The Labute approximate surface area is 158 Å². The topological polar surface area (TPSA) is 38.1 Å². The van der Waals surface area contributed by atoms with Crippen molar-refractivity contribution in [1.29, 1.82) is 0 Å². The van der Waals surface area contributed by atoms with Crippen LogP contribution in [0, 0.1) is 0 Å². The molecule has 1 aromatic heterocycles. The number of carbonyl (C=O) groups is 1. The van der Waals surface area contributed by atoms with Gasteiger partial charge in [0.05, 0.1) is 11.4 Å². The molecule has 1 heterocycles. The summed E-state index contributed by atoms with van der Waals surface area (Å²) < 4.78 is 1.77. The molecule has 0 spiro atoms. The zero-order valence-electron chi connectivity index (χ0n) is 15.0. The van der Waals surface area contributed by atoms with Crippen LogP contribution in [0.2, 0.25) is 0 Å². The molecule has 0 unspecified atom stereocenters. The van der Waals surface area contributed by atoms with Gasteiger partial charge in [0.25, 0.3) is 5.91 Å². The van der Waals surface area contributed by atoms with Crippen LogP contribution in [0.15, 0.2) is 97.3 Å². The molecule has 1 amide bonds. The molecule has 4 nitrogen and oxygen atoms in total. The molecular formula is C23H19N3O. The number of carbonyl (C=O) groups excluding carboxylic acids is 1. The van der Waals surface area contributed by atoms with Crippen LogP contribution in [0.4, 0.5) is 5.69 Å². The van der Waals surface area contributed by atoms with Crippen molar-refractivity contribution in [1.82, 2.24) is 9.78 Å². The fourth-order valence-corrected chi connectivity index (χ4v) is 3.11. The number of rotatable bonds is 4. The van der Waals surface area contributed by atoms with Gasteiger partial charge >= 0.3 is 0 Å². The van der Waals surface area contributed by atoms with Crippen molar-refractivity contribution in [2.75, 3.05) is 11.9 Å². The summed E-state index contributed by atoms with van der Waals surface area (Å²) in [7, 11) is 1.81. The predicted octanol–water partition coefficient (Wildman–Crippen LogP) is 4.82. The van der Waals surface area contributed by atoms with Crippen LogP contribution in [0.3, 0.4) is 0 Å². The van der Waals surface area contributed by atoms with Crippen LogP contribution in [0.5, 0.6) is 0 Å². The molecule has 3 aromatic carbocycles. The molecule has 0 radical (unpaired) electrons. The van der Waals surface area contributed by atoms with E-state index in [1.54, 1.807) is 15.8 Å². The maximum absolute atomic E-state index is 13.0. The molecule has 4 aromatic rings. The largest absolute Gasteiger partial charge is 0.311 e. The SMILES string of the molecule is CN(C(=O)c1ccc(-n2cccn2)cc1)c1ccccc1-c1ccccc1. The van der Waals surface area contributed by atoms with Crippen molar-refractivity contribution in [3.8, 4) is 16.8 Å². The third-order valence-electron chi connectivity index (χ3n) is 4.54. The van der Waals surface area contributed by atoms with Crippen LogP contribution < -0.4 is 4.90 Å². The second-order valence-corrected chi connectivity index (χ2v) is 6.24. The number of hydrogen-bond acceptors (Lipinski definition) is 2. The second-order valence-electron chi connectivity index (χ2n) is 6.24. The van der Waals surface area contributed by atoms with Gasteiger partial charge in [-0.25, -0.2) is 4.68 Å². The van der Waals surface area contributed by atoms with Gasteiger partial charge < -0.3 is 4.90 Å². The lowest BCUT2D eigenvalue weighted by Crippen LogP contribution is -2.26. The smallest absolute Gasteiger partial charge is 0.258 e. The Morgan fingerprint density at radius 3 is 2.26 bits per heavy atom. The van der Waals surface area contributed by atoms with Crippen molar-refractivity contribution in [3.63, 3.8) is 0 Å². The maximum atomic E-state index is 13.0. The van der Waals surface area contributed by atoms with Gasteiger partial charge in [0, 0.05) is 30.6 Å². The maximum Gasteiger partial charge on any atom is 0.258 e. The zero-order valence-corrected chi connectivity index (χ0v) is 15.0. The molecular weight excluding hydrogens is 334 g/mol. The molecule has 0 aliphatic heterocycles. The summed E-state index contributed by atoms with van der Waals surface area (Å²) in [5, 5.41) is 4.21. The molecule has 0 bridgehead atoms. The highest BCUT2D eigenvalue weighted by atomic mass is 16.2. The fraction of sp³-hybridized carbons (Fsp3) is 0.0435. The number of anilines is 1. The average Bonchev–Trinajstić information content (AvgIpc) is 3.28. The third kappa shape index (κ3) is 3.37. The van der Waals surface area contributed by atoms with Crippen LogP contribution in [-0.2, 0) is 0 Å². The van der Waals surface area contributed by atoms with Gasteiger partial charge in [0.2, 0.25) is 0 Å². The Balaban J connectivity index is 1.64. The van der Waals surface area contributed by atoms with E-state index in [1.165, 1.54) is 0 Å². The molecule has 0 saturated carbocycles. The molecule has 27 heavy (non-hydrogen) atoms. The van der Waals surface area contributed by atoms with Gasteiger partial charge in [0.1, 0.15) is 0 Å². The van der Waals surface area contributed by atoms with Gasteiger partial charge in [-0.2, -0.15) is 5.10 Å². The molecule has 0 aliphatic rings. The minimum absolute atomic E-state index is 0.0506. The highest BCUT2D eigenvalue weighted by Crippen LogP contribution is 2.30. The quantitative estimate of drug-likeness (QED) is 0.528. The van der Waals surface area contributed by atoms with Gasteiger partial charge in [-0.15, -0.1) is 0 Å². The molecule has 0 saturated heterocycles. The van der Waals surface area contributed by atoms with Crippen molar-refractivity contribution in [2.45, 2.75) is 0 Å². The number of nitrogens with zero attached hydrogens (tertiary/aromatic N) is 3. The minimum atomic E-state index is -0.0506. The molecule has 0 fully saturated rings. The van der Waals surface area contributed by atoms with E-state index in [9.17, 15) is 4.79 Å². The lowest BCUT2D eigenvalue weighted by atomic mass is 10.0. The van der Waals surface area contributed by atoms with Crippen LogP contribution in [-0.4, -0.2) is 22.7 Å². The highest BCUT2D eigenvalue weighted by molar-refractivity contribution is 6.07. The Kier molecular flexibility index (Phi) is 4.54. The molecule has 132 valence electrons. The number of benzene rings is 3. The number of aromatic nitrogens is 2. The van der Waals surface area contributed by atoms with E-state index in [4.69, 9.17) is 0 Å². The van der Waals surface area contributed by atoms with Gasteiger partial charge in [-0.05, 0) is 42.0 Å². The zero-order chi connectivity index (χ0) is 18.6. The molecule has 0 N–H and O–H groups in total. The first-order valence-electron chi connectivity index (χ1n) is 8.76. The highest BCUT2D eigenvalue weighted by Gasteiger charge is 2.17. The Morgan fingerprint density at radius 1 is 0.852 bits per heavy atom. The van der Waals surface area contributed by atoms with E-state index >= 15 is 0 Å². The van der Waals surface area contributed by atoms with E-state index in [-0.39, 0.29) is 5.91 Å². The van der Waals surface area contributed by atoms with Crippen molar-refractivity contribution < 1.29 is 4.79 Å². The summed E-state index contributed by atoms with van der Waals surface area (Å²) in [5.41, 5.74) is 4.55. The monoisotopic (exact) mass is 353 g/mol. The van der Waals surface area contributed by atoms with Gasteiger partial charge in [-0.1, -0.05) is 48.5 Å². The lowest BCUT2D eigenvalue weighted by Gasteiger charge is -2.21. The van der Waals surface area contributed by atoms with E-state index in [1.807, 2.05) is 86.0 Å². The van der Waals surface area contributed by atoms with E-state index < -0.39 is 0 Å². The first kappa shape index (κ1) is 16.8. The fourth-order valence-electron chi connectivity index (χ4n) is 3.11. The van der Waals surface area contributed by atoms with Crippen molar-refractivity contribution in [2.24, 2.45) is 0 Å². The average molecular weight is 353 g/mol. The Hall–Kier alpha value is -3.66. The van der Waals surface area contributed by atoms with Gasteiger partial charge in [0.15, 0.2) is 0 Å². The molecule has 0 atom stereocenters. The standard InChI is InChI=1S/C23H19N3O/c1-25(22-11-6-5-10-21(22)18-8-3-2-4-9-18)23(27)19-12-14-20(15-13-19)26-17-7-16-24-26/h2-17H,1H3. The first-order chi connectivity index (χ1) is 13.2. The summed E-state index contributed by atoms with van der Waals surface area (Å²) in [6.07, 6.45) is 3.60. The van der Waals surface area contributed by atoms with Crippen LogP contribution in [0.25, 0.3) is 16.8 Å². The van der Waals surface area contributed by atoms with E-state index in [0.29, 0.717) is 5.56 Å². The Bertz CT molecular complexity index is 1040. The lowest BCUT2D eigenvalue weighted by molar-refractivity contribution is 0.0993. The normalized spacial score (nSPS) is 10.6. The number of hydrogen-bond donors (Lipinski definition) is 0. The third-order valence-corrected chi connectivity index (χ3v) is 4.54. The summed E-state index contributed by atoms with van der Waals surface area (Å²) in [4.78, 5) is 14.7.